The van der Waals surface area contributed by atoms with Crippen molar-refractivity contribution in [2.45, 2.75) is 6.92 Å². The van der Waals surface area contributed by atoms with Crippen molar-refractivity contribution in [2.75, 3.05) is 17.7 Å². The first kappa shape index (κ1) is 11.5. The maximum atomic E-state index is 12.8. The molecule has 0 saturated heterocycles. The van der Waals surface area contributed by atoms with Crippen LogP contribution >= 0.6 is 0 Å². The lowest BCUT2D eigenvalue weighted by atomic mass is 10.1. The average molecular weight is 230 g/mol. The van der Waals surface area contributed by atoms with Gasteiger partial charge in [0, 0.05) is 12.7 Å². The van der Waals surface area contributed by atoms with Crippen molar-refractivity contribution in [3.8, 4) is 0 Å². The van der Waals surface area contributed by atoms with E-state index in [1.807, 2.05) is 37.1 Å². The third kappa shape index (κ3) is 2.38. The molecule has 2 N–H and O–H groups in total. The standard InChI is InChI=1S/C14H15FN2/c1-10-3-8-14(13(16)9-10)17(2)12-6-4-11(15)5-7-12/h3-9H,16H2,1-2H3. The zero-order valence-corrected chi connectivity index (χ0v) is 9.94. The molecule has 0 aromatic heterocycles. The maximum absolute atomic E-state index is 12.8. The molecule has 0 unspecified atom stereocenters. The van der Waals surface area contributed by atoms with E-state index in [4.69, 9.17) is 5.73 Å². The highest BCUT2D eigenvalue weighted by Gasteiger charge is 2.07. The lowest BCUT2D eigenvalue weighted by Gasteiger charge is -2.21. The van der Waals surface area contributed by atoms with Gasteiger partial charge in [0.15, 0.2) is 0 Å². The molecule has 0 atom stereocenters. The lowest BCUT2D eigenvalue weighted by molar-refractivity contribution is 0.628. The Hall–Kier alpha value is -2.03. The zero-order valence-electron chi connectivity index (χ0n) is 9.94. The number of halogens is 1. The van der Waals surface area contributed by atoms with E-state index in [-0.39, 0.29) is 5.82 Å². The summed E-state index contributed by atoms with van der Waals surface area (Å²) in [6.45, 7) is 2.00. The molecule has 3 heteroatoms. The van der Waals surface area contributed by atoms with Crippen molar-refractivity contribution in [2.24, 2.45) is 0 Å². The first-order chi connectivity index (χ1) is 8.08. The molecule has 17 heavy (non-hydrogen) atoms. The van der Waals surface area contributed by atoms with Crippen molar-refractivity contribution in [1.29, 1.82) is 0 Å². The van der Waals surface area contributed by atoms with E-state index in [1.54, 1.807) is 12.1 Å². The lowest BCUT2D eigenvalue weighted by Crippen LogP contribution is -2.11. The van der Waals surface area contributed by atoms with Gasteiger partial charge in [-0.05, 0) is 48.9 Å². The number of aryl methyl sites for hydroxylation is 1. The number of nitrogens with two attached hydrogens (primary N) is 1. The van der Waals surface area contributed by atoms with Gasteiger partial charge in [0.1, 0.15) is 5.82 Å². The van der Waals surface area contributed by atoms with Crippen LogP contribution in [0.15, 0.2) is 42.5 Å². The molecular weight excluding hydrogens is 215 g/mol. The molecule has 2 rings (SSSR count). The topological polar surface area (TPSA) is 29.3 Å². The van der Waals surface area contributed by atoms with E-state index < -0.39 is 0 Å². The van der Waals surface area contributed by atoms with Crippen LogP contribution in [-0.4, -0.2) is 7.05 Å². The second-order valence-corrected chi connectivity index (χ2v) is 4.10. The van der Waals surface area contributed by atoms with E-state index in [9.17, 15) is 4.39 Å². The third-order valence-electron chi connectivity index (χ3n) is 2.76. The van der Waals surface area contributed by atoms with Crippen LogP contribution in [0.25, 0.3) is 0 Å². The van der Waals surface area contributed by atoms with Crippen molar-refractivity contribution in [3.63, 3.8) is 0 Å². The van der Waals surface area contributed by atoms with Crippen LogP contribution in [0.1, 0.15) is 5.56 Å². The molecular formula is C14H15FN2. The van der Waals surface area contributed by atoms with E-state index in [0.29, 0.717) is 0 Å². The molecule has 0 aliphatic heterocycles. The first-order valence-electron chi connectivity index (χ1n) is 5.43. The molecule has 2 aromatic carbocycles. The fourth-order valence-electron chi connectivity index (χ4n) is 1.78. The normalized spacial score (nSPS) is 10.3. The number of anilines is 3. The molecule has 0 bridgehead atoms. The van der Waals surface area contributed by atoms with Gasteiger partial charge in [-0.3, -0.25) is 0 Å². The average Bonchev–Trinajstić information content (AvgIpc) is 2.29. The van der Waals surface area contributed by atoms with Gasteiger partial charge in [-0.15, -0.1) is 0 Å². The predicted molar refractivity (Wildman–Crippen MR) is 70.1 cm³/mol. The molecule has 0 radical (unpaired) electrons. The predicted octanol–water partition coefficient (Wildman–Crippen LogP) is 3.48. The summed E-state index contributed by atoms with van der Waals surface area (Å²) in [6, 6.07) is 12.2. The van der Waals surface area contributed by atoms with Crippen LogP contribution in [0, 0.1) is 12.7 Å². The molecule has 2 aromatic rings. The fourth-order valence-corrected chi connectivity index (χ4v) is 1.78. The molecule has 2 nitrogen and oxygen atoms in total. The minimum absolute atomic E-state index is 0.237. The van der Waals surface area contributed by atoms with Crippen LogP contribution in [0.5, 0.6) is 0 Å². The Balaban J connectivity index is 2.36. The summed E-state index contributed by atoms with van der Waals surface area (Å²) in [4.78, 5) is 1.94. The number of hydrogen-bond donors (Lipinski definition) is 1. The highest BCUT2D eigenvalue weighted by molar-refractivity contribution is 5.74. The van der Waals surface area contributed by atoms with E-state index in [0.717, 1.165) is 22.6 Å². The molecule has 88 valence electrons. The van der Waals surface area contributed by atoms with Gasteiger partial charge >= 0.3 is 0 Å². The second-order valence-electron chi connectivity index (χ2n) is 4.10. The number of rotatable bonds is 2. The van der Waals surface area contributed by atoms with Crippen molar-refractivity contribution in [3.05, 3.63) is 53.8 Å². The molecule has 0 amide bonds. The highest BCUT2D eigenvalue weighted by Crippen LogP contribution is 2.29. The monoisotopic (exact) mass is 230 g/mol. The van der Waals surface area contributed by atoms with E-state index >= 15 is 0 Å². The van der Waals surface area contributed by atoms with Crippen LogP contribution in [0.2, 0.25) is 0 Å². The zero-order chi connectivity index (χ0) is 12.4. The molecule has 0 fully saturated rings. The summed E-state index contributed by atoms with van der Waals surface area (Å²) in [5.74, 6) is -0.237. The number of benzene rings is 2. The largest absolute Gasteiger partial charge is 0.397 e. The minimum Gasteiger partial charge on any atom is -0.397 e. The SMILES string of the molecule is Cc1ccc(N(C)c2ccc(F)cc2)c(N)c1. The van der Waals surface area contributed by atoms with Gasteiger partial charge in [-0.1, -0.05) is 6.07 Å². The second kappa shape index (κ2) is 4.45. The van der Waals surface area contributed by atoms with Crippen molar-refractivity contribution >= 4 is 17.1 Å². The Bertz CT molecular complexity index is 520. The van der Waals surface area contributed by atoms with Gasteiger partial charge < -0.3 is 10.6 Å². The van der Waals surface area contributed by atoms with Crippen LogP contribution in [0.3, 0.4) is 0 Å². The number of hydrogen-bond acceptors (Lipinski definition) is 2. The molecule has 0 aliphatic carbocycles. The molecule has 0 aliphatic rings. The van der Waals surface area contributed by atoms with Crippen molar-refractivity contribution in [1.82, 2.24) is 0 Å². The van der Waals surface area contributed by atoms with Gasteiger partial charge in [0.2, 0.25) is 0 Å². The van der Waals surface area contributed by atoms with E-state index in [2.05, 4.69) is 0 Å². The highest BCUT2D eigenvalue weighted by atomic mass is 19.1. The molecule has 0 spiro atoms. The van der Waals surface area contributed by atoms with Gasteiger partial charge in [0.25, 0.3) is 0 Å². The summed E-state index contributed by atoms with van der Waals surface area (Å²) in [5, 5.41) is 0. The fraction of sp³-hybridized carbons (Fsp3) is 0.143. The molecule has 0 heterocycles. The third-order valence-corrected chi connectivity index (χ3v) is 2.76. The quantitative estimate of drug-likeness (QED) is 0.800. The van der Waals surface area contributed by atoms with Crippen molar-refractivity contribution < 1.29 is 4.39 Å². The Kier molecular flexibility index (Phi) is 3.00. The van der Waals surface area contributed by atoms with Gasteiger partial charge in [-0.25, -0.2) is 4.39 Å². The summed E-state index contributed by atoms with van der Waals surface area (Å²) >= 11 is 0. The first-order valence-corrected chi connectivity index (χ1v) is 5.43. The smallest absolute Gasteiger partial charge is 0.123 e. The Labute approximate surface area is 100 Å². The summed E-state index contributed by atoms with van der Waals surface area (Å²) in [6.07, 6.45) is 0. The summed E-state index contributed by atoms with van der Waals surface area (Å²) < 4.78 is 12.8. The molecule has 0 saturated carbocycles. The Morgan fingerprint density at radius 3 is 2.29 bits per heavy atom. The van der Waals surface area contributed by atoms with Crippen LogP contribution in [0.4, 0.5) is 21.5 Å². The number of nitrogen functional groups attached to an aromatic ring is 1. The van der Waals surface area contributed by atoms with Gasteiger partial charge in [-0.2, -0.15) is 0 Å². The van der Waals surface area contributed by atoms with Crippen LogP contribution < -0.4 is 10.6 Å². The van der Waals surface area contributed by atoms with Gasteiger partial charge in [0.05, 0.1) is 11.4 Å². The Morgan fingerprint density at radius 2 is 1.71 bits per heavy atom. The minimum atomic E-state index is -0.237. The van der Waals surface area contributed by atoms with E-state index in [1.165, 1.54) is 12.1 Å². The summed E-state index contributed by atoms with van der Waals surface area (Å²) in [5.41, 5.74) is 9.64. The number of nitrogens with zero attached hydrogens (tertiary/aromatic N) is 1. The maximum Gasteiger partial charge on any atom is 0.123 e. The van der Waals surface area contributed by atoms with Crippen LogP contribution in [-0.2, 0) is 0 Å². The Morgan fingerprint density at radius 1 is 1.06 bits per heavy atom. The summed E-state index contributed by atoms with van der Waals surface area (Å²) in [7, 11) is 1.91.